The first-order valence-electron chi connectivity index (χ1n) is 9.24. The largest absolute Gasteiger partial charge is 0.573 e. The van der Waals surface area contributed by atoms with Crippen LogP contribution >= 0.6 is 0 Å². The third-order valence-electron chi connectivity index (χ3n) is 6.00. The fourth-order valence-electron chi connectivity index (χ4n) is 4.80. The van der Waals surface area contributed by atoms with E-state index in [2.05, 4.69) is 4.74 Å². The maximum atomic E-state index is 12.2. The zero-order valence-electron chi connectivity index (χ0n) is 14.3. The van der Waals surface area contributed by atoms with Gasteiger partial charge < -0.3 is 9.53 Å². The van der Waals surface area contributed by atoms with E-state index in [0.29, 0.717) is 18.3 Å². The summed E-state index contributed by atoms with van der Waals surface area (Å²) < 4.78 is 40.7. The molecule has 0 heterocycles. The van der Waals surface area contributed by atoms with Crippen molar-refractivity contribution < 1.29 is 22.7 Å². The van der Waals surface area contributed by atoms with Crippen LogP contribution in [-0.2, 0) is 4.79 Å². The second-order valence-electron chi connectivity index (χ2n) is 7.57. The molecule has 138 valence electrons. The molecule has 0 N–H and O–H groups in total. The summed E-state index contributed by atoms with van der Waals surface area (Å²) in [6, 6.07) is 6.40. The van der Waals surface area contributed by atoms with E-state index in [1.54, 1.807) is 12.1 Å². The molecule has 5 heteroatoms. The molecule has 25 heavy (non-hydrogen) atoms. The molecule has 0 aromatic heterocycles. The number of fused-ring (bicyclic) bond motifs is 1. The molecule has 2 aliphatic carbocycles. The number of hydrogen-bond donors (Lipinski definition) is 0. The Balaban J connectivity index is 1.55. The number of aldehydes is 1. The van der Waals surface area contributed by atoms with Crippen LogP contribution in [0.4, 0.5) is 13.2 Å². The van der Waals surface area contributed by atoms with E-state index in [1.807, 2.05) is 0 Å². The molecule has 1 aromatic carbocycles. The highest BCUT2D eigenvalue weighted by atomic mass is 19.4. The van der Waals surface area contributed by atoms with Crippen molar-refractivity contribution in [1.29, 1.82) is 0 Å². The summed E-state index contributed by atoms with van der Waals surface area (Å²) in [7, 11) is 0. The molecular formula is C20H25F3O2. The molecule has 0 bridgehead atoms. The Bertz CT molecular complexity index is 567. The van der Waals surface area contributed by atoms with Gasteiger partial charge in [-0.1, -0.05) is 18.6 Å². The molecule has 4 atom stereocenters. The zero-order valence-corrected chi connectivity index (χ0v) is 14.3. The summed E-state index contributed by atoms with van der Waals surface area (Å²) in [6.07, 6.45) is 5.17. The smallest absolute Gasteiger partial charge is 0.406 e. The highest BCUT2D eigenvalue weighted by Gasteiger charge is 2.36. The molecular weight excluding hydrogens is 329 g/mol. The lowest BCUT2D eigenvalue weighted by molar-refractivity contribution is -0.274. The van der Waals surface area contributed by atoms with Crippen LogP contribution in [-0.4, -0.2) is 12.6 Å². The van der Waals surface area contributed by atoms with Crippen LogP contribution in [0, 0.1) is 17.8 Å². The number of benzene rings is 1. The Morgan fingerprint density at radius 1 is 1.00 bits per heavy atom. The molecule has 2 saturated carbocycles. The number of carbonyl (C=O) groups is 1. The first-order chi connectivity index (χ1) is 11.9. The summed E-state index contributed by atoms with van der Waals surface area (Å²) in [5, 5.41) is 0. The molecule has 0 aliphatic heterocycles. The number of halogens is 3. The van der Waals surface area contributed by atoms with E-state index in [1.165, 1.54) is 37.8 Å². The Morgan fingerprint density at radius 2 is 1.68 bits per heavy atom. The topological polar surface area (TPSA) is 26.3 Å². The van der Waals surface area contributed by atoms with Crippen LogP contribution in [0.25, 0.3) is 0 Å². The van der Waals surface area contributed by atoms with E-state index in [4.69, 9.17) is 0 Å². The van der Waals surface area contributed by atoms with Gasteiger partial charge in [-0.25, -0.2) is 0 Å². The van der Waals surface area contributed by atoms with Gasteiger partial charge in [0.1, 0.15) is 12.0 Å². The predicted molar refractivity (Wildman–Crippen MR) is 89.3 cm³/mol. The molecule has 2 nitrogen and oxygen atoms in total. The van der Waals surface area contributed by atoms with Crippen LogP contribution in [0.5, 0.6) is 5.75 Å². The number of hydrogen-bond acceptors (Lipinski definition) is 2. The van der Waals surface area contributed by atoms with Gasteiger partial charge in [0.2, 0.25) is 0 Å². The van der Waals surface area contributed by atoms with Gasteiger partial charge >= 0.3 is 6.36 Å². The van der Waals surface area contributed by atoms with Crippen molar-refractivity contribution in [2.24, 2.45) is 17.8 Å². The van der Waals surface area contributed by atoms with E-state index in [-0.39, 0.29) is 5.75 Å². The summed E-state index contributed by atoms with van der Waals surface area (Å²) >= 11 is 0. The van der Waals surface area contributed by atoms with Crippen molar-refractivity contribution in [3.05, 3.63) is 29.8 Å². The van der Waals surface area contributed by atoms with Crippen molar-refractivity contribution in [3.8, 4) is 5.75 Å². The van der Waals surface area contributed by atoms with E-state index < -0.39 is 6.36 Å². The second-order valence-corrected chi connectivity index (χ2v) is 7.57. The molecule has 4 unspecified atom stereocenters. The van der Waals surface area contributed by atoms with Crippen molar-refractivity contribution in [1.82, 2.24) is 0 Å². The first-order valence-corrected chi connectivity index (χ1v) is 9.24. The third-order valence-corrected chi connectivity index (χ3v) is 6.00. The van der Waals surface area contributed by atoms with Crippen LogP contribution in [0.1, 0.15) is 62.8 Å². The molecule has 0 spiro atoms. The van der Waals surface area contributed by atoms with Crippen molar-refractivity contribution in [2.45, 2.75) is 63.6 Å². The summed E-state index contributed by atoms with van der Waals surface area (Å²) in [4.78, 5) is 10.6. The van der Waals surface area contributed by atoms with Gasteiger partial charge in [-0.2, -0.15) is 0 Å². The highest BCUT2D eigenvalue weighted by Crippen LogP contribution is 2.48. The van der Waals surface area contributed by atoms with E-state index in [9.17, 15) is 18.0 Å². The Labute approximate surface area is 146 Å². The molecule has 1 aromatic rings. The fraction of sp³-hybridized carbons (Fsp3) is 0.650. The van der Waals surface area contributed by atoms with Gasteiger partial charge in [-0.15, -0.1) is 13.2 Å². The number of alkyl halides is 3. The molecule has 2 aliphatic rings. The lowest BCUT2D eigenvalue weighted by atomic mass is 9.63. The Kier molecular flexibility index (Phi) is 5.70. The Morgan fingerprint density at radius 3 is 2.36 bits per heavy atom. The predicted octanol–water partition coefficient (Wildman–Crippen LogP) is 5.86. The van der Waals surface area contributed by atoms with Gasteiger partial charge in [0, 0.05) is 6.42 Å². The molecule has 2 fully saturated rings. The van der Waals surface area contributed by atoms with E-state index in [0.717, 1.165) is 42.9 Å². The summed E-state index contributed by atoms with van der Waals surface area (Å²) in [5.74, 6) is 2.46. The summed E-state index contributed by atoms with van der Waals surface area (Å²) in [6.45, 7) is 0. The van der Waals surface area contributed by atoms with Crippen molar-refractivity contribution >= 4 is 6.29 Å². The van der Waals surface area contributed by atoms with Gasteiger partial charge in [0.05, 0.1) is 0 Å². The Hall–Kier alpha value is -1.52. The minimum atomic E-state index is -4.64. The fourth-order valence-corrected chi connectivity index (χ4v) is 4.80. The SMILES string of the molecule is O=CCCC1CCC2CC(c3ccc(OC(F)(F)F)cc3)CCC2C1. The normalized spacial score (nSPS) is 29.7. The molecule has 0 amide bonds. The van der Waals surface area contributed by atoms with Gasteiger partial charge in [0.15, 0.2) is 0 Å². The van der Waals surface area contributed by atoms with Crippen LogP contribution in [0.15, 0.2) is 24.3 Å². The molecule has 3 rings (SSSR count). The van der Waals surface area contributed by atoms with Crippen molar-refractivity contribution in [2.75, 3.05) is 0 Å². The minimum Gasteiger partial charge on any atom is -0.406 e. The zero-order chi connectivity index (χ0) is 17.9. The highest BCUT2D eigenvalue weighted by molar-refractivity contribution is 5.49. The molecule has 0 saturated heterocycles. The average Bonchev–Trinajstić information content (AvgIpc) is 2.58. The maximum absolute atomic E-state index is 12.2. The summed E-state index contributed by atoms with van der Waals surface area (Å²) in [5.41, 5.74) is 1.12. The lowest BCUT2D eigenvalue weighted by Crippen LogP contribution is -2.30. The van der Waals surface area contributed by atoms with Crippen LogP contribution < -0.4 is 4.74 Å². The quantitative estimate of drug-likeness (QED) is 0.619. The van der Waals surface area contributed by atoms with Gasteiger partial charge in [0.25, 0.3) is 0 Å². The monoisotopic (exact) mass is 354 g/mol. The maximum Gasteiger partial charge on any atom is 0.573 e. The standard InChI is InChI=1S/C20H25F3O2/c21-20(22,23)25-19-9-7-15(8-10-19)17-6-5-16-12-14(2-1-11-24)3-4-18(16)13-17/h7-11,14,16-18H,1-6,12-13H2. The minimum absolute atomic E-state index is 0.152. The van der Waals surface area contributed by atoms with E-state index >= 15 is 0 Å². The lowest BCUT2D eigenvalue weighted by Gasteiger charge is -2.42. The van der Waals surface area contributed by atoms with Crippen LogP contribution in [0.3, 0.4) is 0 Å². The van der Waals surface area contributed by atoms with Gasteiger partial charge in [-0.3, -0.25) is 0 Å². The second kappa shape index (κ2) is 7.79. The number of rotatable bonds is 5. The van der Waals surface area contributed by atoms with Gasteiger partial charge in [-0.05, 0) is 79.9 Å². The first kappa shape index (κ1) is 18.3. The number of carbonyl (C=O) groups excluding carboxylic acids is 1. The number of ether oxygens (including phenoxy) is 1. The van der Waals surface area contributed by atoms with Crippen LogP contribution in [0.2, 0.25) is 0 Å². The molecule has 0 radical (unpaired) electrons. The third kappa shape index (κ3) is 4.99. The average molecular weight is 354 g/mol. The van der Waals surface area contributed by atoms with Crippen molar-refractivity contribution in [3.63, 3.8) is 0 Å².